The monoisotopic (exact) mass is 492 g/mol. The molecule has 0 fully saturated rings. The molecule has 0 radical (unpaired) electrons. The molecular weight excluding hydrogens is 464 g/mol. The summed E-state index contributed by atoms with van der Waals surface area (Å²) in [7, 11) is 0. The minimum atomic E-state index is -1.06. The van der Waals surface area contributed by atoms with E-state index in [1.165, 1.54) is 17.2 Å². The summed E-state index contributed by atoms with van der Waals surface area (Å²) in [4.78, 5) is 40.4. The van der Waals surface area contributed by atoms with E-state index in [9.17, 15) is 14.4 Å². The molecule has 1 heterocycles. The molecule has 1 aromatic carbocycles. The molecule has 1 atom stereocenters. The smallest absolute Gasteiger partial charge is 0.416 e. The maximum absolute atomic E-state index is 12.6. The molecule has 33 heavy (non-hydrogen) atoms. The van der Waals surface area contributed by atoms with Gasteiger partial charge in [0.05, 0.1) is 9.21 Å². The van der Waals surface area contributed by atoms with Crippen molar-refractivity contribution in [3.63, 3.8) is 0 Å². The third-order valence-corrected chi connectivity index (χ3v) is 5.82. The van der Waals surface area contributed by atoms with Crippen LogP contribution in [0.5, 0.6) is 0 Å². The minimum Gasteiger partial charge on any atom is -0.427 e. The maximum Gasteiger partial charge on any atom is 0.416 e. The van der Waals surface area contributed by atoms with E-state index in [0.717, 1.165) is 23.4 Å². The van der Waals surface area contributed by atoms with Gasteiger partial charge in [-0.15, -0.1) is 11.3 Å². The number of rotatable bonds is 10. The van der Waals surface area contributed by atoms with Gasteiger partial charge >= 0.3 is 6.09 Å². The number of hydrogen-bond donors (Lipinski definition) is 2. The SMILES string of the molecule is CCCN(C(=O)CC)c1ccc(N(CC)C(=O)OC(N)C=CNC(=O)c2ccc(Cl)s2)cc1. The number of anilines is 2. The van der Waals surface area contributed by atoms with Crippen LogP contribution in [0.3, 0.4) is 0 Å². The molecule has 0 aliphatic carbocycles. The molecule has 1 aromatic heterocycles. The number of benzene rings is 1. The molecular formula is C23H29ClN4O4S. The second-order valence-electron chi connectivity index (χ2n) is 6.94. The average molecular weight is 493 g/mol. The van der Waals surface area contributed by atoms with Crippen LogP contribution in [0, 0.1) is 0 Å². The minimum absolute atomic E-state index is 0.0448. The molecule has 178 valence electrons. The topological polar surface area (TPSA) is 105 Å². The van der Waals surface area contributed by atoms with E-state index in [1.54, 1.807) is 41.3 Å². The molecule has 1 unspecified atom stereocenters. The molecule has 3 N–H and O–H groups in total. The first-order chi connectivity index (χ1) is 15.8. The van der Waals surface area contributed by atoms with Crippen LogP contribution < -0.4 is 20.9 Å². The normalized spacial score (nSPS) is 11.8. The van der Waals surface area contributed by atoms with Crippen molar-refractivity contribution < 1.29 is 19.1 Å². The van der Waals surface area contributed by atoms with Gasteiger partial charge in [-0.05, 0) is 55.8 Å². The Kier molecular flexibility index (Phi) is 10.4. The second-order valence-corrected chi connectivity index (χ2v) is 8.66. The fraction of sp³-hybridized carbons (Fsp3) is 0.348. The van der Waals surface area contributed by atoms with Crippen molar-refractivity contribution in [2.24, 2.45) is 5.73 Å². The number of ether oxygens (including phenoxy) is 1. The summed E-state index contributed by atoms with van der Waals surface area (Å²) in [6.07, 6.45) is 2.26. The molecule has 0 aliphatic heterocycles. The number of nitrogens with zero attached hydrogens (tertiary/aromatic N) is 2. The lowest BCUT2D eigenvalue weighted by Crippen LogP contribution is -2.37. The molecule has 0 saturated heterocycles. The maximum atomic E-state index is 12.6. The lowest BCUT2D eigenvalue weighted by Gasteiger charge is -2.24. The van der Waals surface area contributed by atoms with Gasteiger partial charge in [0, 0.05) is 37.1 Å². The van der Waals surface area contributed by atoms with Crippen molar-refractivity contribution in [2.75, 3.05) is 22.9 Å². The van der Waals surface area contributed by atoms with Crippen molar-refractivity contribution in [3.8, 4) is 0 Å². The predicted molar refractivity (Wildman–Crippen MR) is 133 cm³/mol. The Hall–Kier alpha value is -2.88. The first-order valence-corrected chi connectivity index (χ1v) is 11.9. The molecule has 0 aliphatic rings. The summed E-state index contributed by atoms with van der Waals surface area (Å²) >= 11 is 6.97. The Morgan fingerprint density at radius 3 is 2.24 bits per heavy atom. The van der Waals surface area contributed by atoms with E-state index in [4.69, 9.17) is 22.1 Å². The first-order valence-electron chi connectivity index (χ1n) is 10.7. The van der Waals surface area contributed by atoms with Gasteiger partial charge in [-0.2, -0.15) is 0 Å². The third-order valence-electron chi connectivity index (χ3n) is 4.59. The van der Waals surface area contributed by atoms with Crippen molar-refractivity contribution in [3.05, 3.63) is 57.9 Å². The first kappa shape index (κ1) is 26.4. The van der Waals surface area contributed by atoms with E-state index in [0.29, 0.717) is 34.4 Å². The highest BCUT2D eigenvalue weighted by Gasteiger charge is 2.19. The fourth-order valence-corrected chi connectivity index (χ4v) is 3.93. The number of nitrogens with one attached hydrogen (secondary N) is 1. The Bertz CT molecular complexity index is 977. The molecule has 2 rings (SSSR count). The van der Waals surface area contributed by atoms with Gasteiger partial charge in [-0.1, -0.05) is 25.4 Å². The lowest BCUT2D eigenvalue weighted by atomic mass is 10.2. The standard InChI is InChI=1S/C23H29ClN4O4S/c1-4-15-28(21(29)5-2)17-9-7-16(8-10-17)27(6-3)23(31)32-20(25)13-14-26-22(30)18-11-12-19(24)33-18/h7-14,20H,4-6,15,25H2,1-3H3,(H,26,30). The average Bonchev–Trinajstić information content (AvgIpc) is 3.24. The Morgan fingerprint density at radius 2 is 1.73 bits per heavy atom. The predicted octanol–water partition coefficient (Wildman–Crippen LogP) is 4.75. The van der Waals surface area contributed by atoms with E-state index in [1.807, 2.05) is 20.8 Å². The molecule has 2 aromatic rings. The van der Waals surface area contributed by atoms with Gasteiger partial charge in [0.1, 0.15) is 0 Å². The summed E-state index contributed by atoms with van der Waals surface area (Å²) in [5, 5.41) is 2.55. The number of thiophene rings is 1. The van der Waals surface area contributed by atoms with Crippen molar-refractivity contribution in [1.29, 1.82) is 0 Å². The number of carbonyl (C=O) groups is 3. The Morgan fingerprint density at radius 1 is 1.09 bits per heavy atom. The van der Waals surface area contributed by atoms with Crippen LogP contribution >= 0.6 is 22.9 Å². The number of amides is 3. The van der Waals surface area contributed by atoms with Crippen LogP contribution in [0.15, 0.2) is 48.7 Å². The second kappa shape index (κ2) is 13.0. The van der Waals surface area contributed by atoms with Gasteiger partial charge in [0.25, 0.3) is 5.91 Å². The zero-order valence-electron chi connectivity index (χ0n) is 18.9. The zero-order chi connectivity index (χ0) is 24.4. The quantitative estimate of drug-likeness (QED) is 0.466. The van der Waals surface area contributed by atoms with Crippen molar-refractivity contribution in [1.82, 2.24) is 5.32 Å². The molecule has 0 spiro atoms. The van der Waals surface area contributed by atoms with Gasteiger partial charge < -0.3 is 15.0 Å². The highest BCUT2D eigenvalue weighted by Crippen LogP contribution is 2.23. The van der Waals surface area contributed by atoms with Gasteiger partial charge in [-0.3, -0.25) is 20.2 Å². The Labute approximate surface area is 202 Å². The largest absolute Gasteiger partial charge is 0.427 e. The van der Waals surface area contributed by atoms with Crippen molar-refractivity contribution in [2.45, 2.75) is 39.8 Å². The number of hydrogen-bond acceptors (Lipinski definition) is 6. The molecule has 3 amide bonds. The Balaban J connectivity index is 1.98. The number of carbonyl (C=O) groups excluding carboxylic acids is 3. The van der Waals surface area contributed by atoms with Crippen LogP contribution in [-0.4, -0.2) is 37.2 Å². The number of nitrogens with two attached hydrogens (primary N) is 1. The molecule has 0 saturated carbocycles. The van der Waals surface area contributed by atoms with Crippen LogP contribution in [0.1, 0.15) is 43.3 Å². The highest BCUT2D eigenvalue weighted by molar-refractivity contribution is 7.18. The fourth-order valence-electron chi connectivity index (χ4n) is 2.99. The molecule has 8 nitrogen and oxygen atoms in total. The van der Waals surface area contributed by atoms with E-state index >= 15 is 0 Å². The van der Waals surface area contributed by atoms with Crippen molar-refractivity contribution >= 4 is 52.2 Å². The summed E-state index contributed by atoms with van der Waals surface area (Å²) in [5.41, 5.74) is 7.24. The van der Waals surface area contributed by atoms with E-state index in [-0.39, 0.29) is 11.8 Å². The van der Waals surface area contributed by atoms with Crippen LogP contribution in [0.4, 0.5) is 16.2 Å². The van der Waals surface area contributed by atoms with Gasteiger partial charge in [-0.25, -0.2) is 4.79 Å². The van der Waals surface area contributed by atoms with Crippen LogP contribution in [0.25, 0.3) is 0 Å². The zero-order valence-corrected chi connectivity index (χ0v) is 20.5. The van der Waals surface area contributed by atoms with Crippen LogP contribution in [-0.2, 0) is 9.53 Å². The van der Waals surface area contributed by atoms with E-state index in [2.05, 4.69) is 5.32 Å². The van der Waals surface area contributed by atoms with Gasteiger partial charge in [0.15, 0.2) is 6.23 Å². The summed E-state index contributed by atoms with van der Waals surface area (Å²) in [6, 6.07) is 10.4. The van der Waals surface area contributed by atoms with Gasteiger partial charge in [0.2, 0.25) is 5.91 Å². The number of halogens is 1. The summed E-state index contributed by atoms with van der Waals surface area (Å²) < 4.78 is 5.78. The molecule has 0 bridgehead atoms. The summed E-state index contributed by atoms with van der Waals surface area (Å²) in [5.74, 6) is -0.293. The summed E-state index contributed by atoms with van der Waals surface area (Å²) in [6.45, 7) is 6.64. The molecule has 10 heteroatoms. The lowest BCUT2D eigenvalue weighted by molar-refractivity contribution is -0.118. The third kappa shape index (κ3) is 7.59. The van der Waals surface area contributed by atoms with E-state index < -0.39 is 12.3 Å². The van der Waals surface area contributed by atoms with Crippen LogP contribution in [0.2, 0.25) is 4.34 Å². The highest BCUT2D eigenvalue weighted by atomic mass is 35.5.